The highest BCUT2D eigenvalue weighted by Gasteiger charge is 2.43. The predicted octanol–water partition coefficient (Wildman–Crippen LogP) is 4.37. The van der Waals surface area contributed by atoms with E-state index in [9.17, 15) is 14.4 Å². The molecule has 1 aliphatic heterocycles. The van der Waals surface area contributed by atoms with Crippen molar-refractivity contribution >= 4 is 40.1 Å². The Morgan fingerprint density at radius 3 is 2.53 bits per heavy atom. The zero-order valence-electron chi connectivity index (χ0n) is 18.1. The highest BCUT2D eigenvalue weighted by atomic mass is 35.5. The van der Waals surface area contributed by atoms with Gasteiger partial charge in [-0.2, -0.15) is 0 Å². The van der Waals surface area contributed by atoms with Crippen LogP contribution in [0.2, 0.25) is 5.02 Å². The minimum atomic E-state index is -0.743. The van der Waals surface area contributed by atoms with E-state index in [0.29, 0.717) is 33.0 Å². The van der Waals surface area contributed by atoms with E-state index in [1.807, 2.05) is 13.0 Å². The van der Waals surface area contributed by atoms with E-state index in [2.05, 4.69) is 0 Å². The average molecular weight is 475 g/mol. The molecule has 2 amide bonds. The van der Waals surface area contributed by atoms with Crippen LogP contribution in [0.5, 0.6) is 5.75 Å². The second kappa shape index (κ2) is 8.35. The lowest BCUT2D eigenvalue weighted by Crippen LogP contribution is -2.29. The molecule has 1 aromatic heterocycles. The van der Waals surface area contributed by atoms with Gasteiger partial charge in [-0.05, 0) is 54.4 Å². The second-order valence-corrected chi connectivity index (χ2v) is 8.41. The predicted molar refractivity (Wildman–Crippen MR) is 128 cm³/mol. The van der Waals surface area contributed by atoms with Gasteiger partial charge in [-0.15, -0.1) is 0 Å². The minimum Gasteiger partial charge on any atom is -0.484 e. The third-order valence-corrected chi connectivity index (χ3v) is 6.20. The number of aryl methyl sites for hydroxylation is 1. The zero-order valence-corrected chi connectivity index (χ0v) is 18.8. The summed E-state index contributed by atoms with van der Waals surface area (Å²) in [6.07, 6.45) is 0. The van der Waals surface area contributed by atoms with Crippen LogP contribution in [0.15, 0.2) is 75.9 Å². The van der Waals surface area contributed by atoms with Gasteiger partial charge in [0.2, 0.25) is 5.76 Å². The Balaban J connectivity index is 1.69. The van der Waals surface area contributed by atoms with Crippen molar-refractivity contribution in [3.05, 3.63) is 104 Å². The molecule has 1 aliphatic rings. The summed E-state index contributed by atoms with van der Waals surface area (Å²) in [5, 5.41) is 0.893. The van der Waals surface area contributed by atoms with Crippen molar-refractivity contribution in [2.45, 2.75) is 13.0 Å². The number of anilines is 1. The number of carbonyl (C=O) groups excluding carboxylic acids is 2. The molecule has 0 saturated heterocycles. The standard InChI is InChI=1S/C26H19ClN2O5/c1-14-6-9-16(12-19(14)27)29-23(15-7-10-17(11-8-15)33-13-21(28)30)22-24(31)18-4-2-3-5-20(18)34-25(22)26(29)32/h2-12,23H,13H2,1H3,(H2,28,30). The molecule has 0 bridgehead atoms. The summed E-state index contributed by atoms with van der Waals surface area (Å²) in [7, 11) is 0. The van der Waals surface area contributed by atoms with Gasteiger partial charge in [-0.1, -0.05) is 41.9 Å². The lowest BCUT2D eigenvalue weighted by Gasteiger charge is -2.25. The number of nitrogens with zero attached hydrogens (tertiary/aromatic N) is 1. The van der Waals surface area contributed by atoms with Crippen LogP contribution in [0.1, 0.15) is 33.3 Å². The maximum atomic E-state index is 13.6. The molecule has 3 aromatic carbocycles. The molecule has 5 rings (SSSR count). The normalized spacial score (nSPS) is 14.9. The van der Waals surface area contributed by atoms with Gasteiger partial charge in [0.25, 0.3) is 11.8 Å². The number of fused-ring (bicyclic) bond motifs is 2. The number of primary amides is 1. The van der Waals surface area contributed by atoms with E-state index < -0.39 is 17.9 Å². The fraction of sp³-hybridized carbons (Fsp3) is 0.115. The van der Waals surface area contributed by atoms with Crippen molar-refractivity contribution in [2.24, 2.45) is 5.73 Å². The zero-order chi connectivity index (χ0) is 24.0. The van der Waals surface area contributed by atoms with Crippen LogP contribution in [0.3, 0.4) is 0 Å². The van der Waals surface area contributed by atoms with Gasteiger partial charge in [0.05, 0.1) is 17.0 Å². The number of ether oxygens (including phenoxy) is 1. The Bertz CT molecular complexity index is 1510. The number of halogens is 1. The third kappa shape index (κ3) is 3.60. The van der Waals surface area contributed by atoms with Crippen LogP contribution in [0, 0.1) is 6.92 Å². The van der Waals surface area contributed by atoms with Gasteiger partial charge >= 0.3 is 0 Å². The van der Waals surface area contributed by atoms with Crippen molar-refractivity contribution in [2.75, 3.05) is 11.5 Å². The van der Waals surface area contributed by atoms with E-state index in [-0.39, 0.29) is 23.4 Å². The fourth-order valence-corrected chi connectivity index (χ4v) is 4.31. The molecule has 0 spiro atoms. The number of benzene rings is 3. The third-order valence-electron chi connectivity index (χ3n) is 5.79. The van der Waals surface area contributed by atoms with E-state index in [1.165, 1.54) is 4.90 Å². The van der Waals surface area contributed by atoms with Crippen LogP contribution in [0.4, 0.5) is 5.69 Å². The first-order valence-electron chi connectivity index (χ1n) is 10.5. The summed E-state index contributed by atoms with van der Waals surface area (Å²) in [5.74, 6) is -0.592. The molecule has 1 unspecified atom stereocenters. The quantitative estimate of drug-likeness (QED) is 0.462. The van der Waals surface area contributed by atoms with Crippen LogP contribution >= 0.6 is 11.6 Å². The van der Waals surface area contributed by atoms with Crippen molar-refractivity contribution in [1.82, 2.24) is 0 Å². The van der Waals surface area contributed by atoms with E-state index in [0.717, 1.165) is 5.56 Å². The molecule has 0 aliphatic carbocycles. The van der Waals surface area contributed by atoms with Gasteiger partial charge in [-0.25, -0.2) is 0 Å². The molecule has 7 nitrogen and oxygen atoms in total. The van der Waals surface area contributed by atoms with Gasteiger partial charge in [0.15, 0.2) is 12.0 Å². The lowest BCUT2D eigenvalue weighted by molar-refractivity contribution is -0.119. The number of hydrogen-bond acceptors (Lipinski definition) is 5. The van der Waals surface area contributed by atoms with Gasteiger partial charge in [0, 0.05) is 10.7 Å². The number of nitrogens with two attached hydrogens (primary N) is 1. The fourth-order valence-electron chi connectivity index (χ4n) is 4.13. The summed E-state index contributed by atoms with van der Waals surface area (Å²) in [5.41, 5.74) is 7.53. The Morgan fingerprint density at radius 1 is 1.09 bits per heavy atom. The molecular weight excluding hydrogens is 456 g/mol. The van der Waals surface area contributed by atoms with Gasteiger partial charge in [-0.3, -0.25) is 19.3 Å². The van der Waals surface area contributed by atoms with E-state index in [4.69, 9.17) is 26.5 Å². The Labute approximate surface area is 199 Å². The molecule has 170 valence electrons. The largest absolute Gasteiger partial charge is 0.484 e. The lowest BCUT2D eigenvalue weighted by atomic mass is 9.98. The smallest absolute Gasteiger partial charge is 0.295 e. The second-order valence-electron chi connectivity index (χ2n) is 8.01. The van der Waals surface area contributed by atoms with E-state index >= 15 is 0 Å². The molecule has 0 saturated carbocycles. The minimum absolute atomic E-state index is 0.000507. The molecule has 0 fully saturated rings. The molecule has 0 radical (unpaired) electrons. The summed E-state index contributed by atoms with van der Waals surface area (Å²) in [6, 6.07) is 18.2. The summed E-state index contributed by atoms with van der Waals surface area (Å²) >= 11 is 6.37. The van der Waals surface area contributed by atoms with Gasteiger partial charge in [0.1, 0.15) is 11.3 Å². The SMILES string of the molecule is Cc1ccc(N2C(=O)c3oc4ccccc4c(=O)c3C2c2ccc(OCC(N)=O)cc2)cc1Cl. The van der Waals surface area contributed by atoms with Crippen molar-refractivity contribution in [3.8, 4) is 5.75 Å². The Hall–Kier alpha value is -4.10. The van der Waals surface area contributed by atoms with Crippen molar-refractivity contribution in [1.29, 1.82) is 0 Å². The molecule has 4 aromatic rings. The first-order chi connectivity index (χ1) is 16.3. The van der Waals surface area contributed by atoms with Gasteiger partial charge < -0.3 is 14.9 Å². The molecule has 2 N–H and O–H groups in total. The van der Waals surface area contributed by atoms with Crippen molar-refractivity contribution in [3.63, 3.8) is 0 Å². The molecular formula is C26H19ClN2O5. The Kier molecular flexibility index (Phi) is 5.34. The maximum absolute atomic E-state index is 13.6. The van der Waals surface area contributed by atoms with E-state index in [1.54, 1.807) is 60.7 Å². The topological polar surface area (TPSA) is 103 Å². The molecule has 8 heteroatoms. The highest BCUT2D eigenvalue weighted by Crippen LogP contribution is 2.42. The number of rotatable bonds is 5. The number of para-hydroxylation sites is 1. The van der Waals surface area contributed by atoms with Crippen LogP contribution in [-0.4, -0.2) is 18.4 Å². The molecule has 1 atom stereocenters. The number of carbonyl (C=O) groups is 2. The Morgan fingerprint density at radius 2 is 1.82 bits per heavy atom. The van der Waals surface area contributed by atoms with Crippen molar-refractivity contribution < 1.29 is 18.7 Å². The average Bonchev–Trinajstić information content (AvgIpc) is 3.12. The summed E-state index contributed by atoms with van der Waals surface area (Å²) in [6.45, 7) is 1.61. The van der Waals surface area contributed by atoms with Crippen LogP contribution < -0.4 is 20.8 Å². The number of hydrogen-bond donors (Lipinski definition) is 1. The summed E-state index contributed by atoms with van der Waals surface area (Å²) < 4.78 is 11.3. The van der Waals surface area contributed by atoms with Crippen LogP contribution in [-0.2, 0) is 4.79 Å². The summed E-state index contributed by atoms with van der Waals surface area (Å²) in [4.78, 5) is 39.7. The monoisotopic (exact) mass is 474 g/mol. The highest BCUT2D eigenvalue weighted by molar-refractivity contribution is 6.31. The van der Waals surface area contributed by atoms with Crippen LogP contribution in [0.25, 0.3) is 11.0 Å². The first kappa shape index (κ1) is 21.7. The molecule has 34 heavy (non-hydrogen) atoms. The first-order valence-corrected chi connectivity index (χ1v) is 10.9. The number of amides is 2. The molecule has 2 heterocycles. The maximum Gasteiger partial charge on any atom is 0.295 e.